The van der Waals surface area contributed by atoms with Crippen LogP contribution in [0, 0.1) is 0 Å². The summed E-state index contributed by atoms with van der Waals surface area (Å²) in [6, 6.07) is 21.4. The van der Waals surface area contributed by atoms with Gasteiger partial charge in [0.1, 0.15) is 12.4 Å². The molecule has 3 aromatic rings. The van der Waals surface area contributed by atoms with Crippen LogP contribution in [0.3, 0.4) is 0 Å². The van der Waals surface area contributed by atoms with Crippen LogP contribution in [0.15, 0.2) is 77.9 Å². The molecule has 0 aromatic heterocycles. The maximum Gasteiger partial charge on any atom is 0.271 e. The van der Waals surface area contributed by atoms with Gasteiger partial charge in [0.2, 0.25) is 5.91 Å². The molecule has 0 unspecified atom stereocenters. The van der Waals surface area contributed by atoms with Crippen molar-refractivity contribution in [3.63, 3.8) is 0 Å². The number of rotatable bonds is 7. The zero-order valence-electron chi connectivity index (χ0n) is 16.3. The van der Waals surface area contributed by atoms with Crippen molar-refractivity contribution in [1.29, 1.82) is 0 Å². The third-order valence-corrected chi connectivity index (χ3v) is 4.28. The molecule has 0 radical (unpaired) electrons. The summed E-state index contributed by atoms with van der Waals surface area (Å²) >= 11 is 5.88. The van der Waals surface area contributed by atoms with Crippen LogP contribution >= 0.6 is 11.6 Å². The molecule has 0 heterocycles. The molecule has 7 heteroatoms. The Balaban J connectivity index is 1.54. The highest BCUT2D eigenvalue weighted by atomic mass is 35.5. The Morgan fingerprint density at radius 3 is 2.47 bits per heavy atom. The number of hydrogen-bond acceptors (Lipinski definition) is 4. The first kappa shape index (κ1) is 21.1. The van der Waals surface area contributed by atoms with Crippen LogP contribution in [0.25, 0.3) is 0 Å². The van der Waals surface area contributed by atoms with E-state index in [4.69, 9.17) is 16.3 Å². The first-order valence-corrected chi connectivity index (χ1v) is 9.56. The molecule has 30 heavy (non-hydrogen) atoms. The zero-order chi connectivity index (χ0) is 21.3. The lowest BCUT2D eigenvalue weighted by atomic mass is 10.2. The van der Waals surface area contributed by atoms with Gasteiger partial charge in [0.25, 0.3) is 5.91 Å². The largest absolute Gasteiger partial charge is 0.489 e. The number of halogens is 1. The molecule has 3 rings (SSSR count). The smallest absolute Gasteiger partial charge is 0.271 e. The van der Waals surface area contributed by atoms with E-state index in [1.54, 1.807) is 30.5 Å². The van der Waals surface area contributed by atoms with Gasteiger partial charge in [-0.05, 0) is 59.7 Å². The first-order chi connectivity index (χ1) is 14.5. The number of carbonyl (C=O) groups excluding carboxylic acids is 2. The summed E-state index contributed by atoms with van der Waals surface area (Å²) in [6.07, 6.45) is 1.54. The predicted molar refractivity (Wildman–Crippen MR) is 118 cm³/mol. The third kappa shape index (κ3) is 6.46. The maximum absolute atomic E-state index is 12.2. The van der Waals surface area contributed by atoms with Gasteiger partial charge in [-0.25, -0.2) is 5.43 Å². The Hall–Kier alpha value is -3.64. The van der Waals surface area contributed by atoms with Gasteiger partial charge in [-0.15, -0.1) is 0 Å². The van der Waals surface area contributed by atoms with Crippen molar-refractivity contribution in [2.45, 2.75) is 13.5 Å². The average Bonchev–Trinajstić information content (AvgIpc) is 2.74. The highest BCUT2D eigenvalue weighted by Gasteiger charge is 2.04. The number of amides is 2. The second-order valence-corrected chi connectivity index (χ2v) is 6.88. The van der Waals surface area contributed by atoms with Crippen LogP contribution in [-0.2, 0) is 11.4 Å². The summed E-state index contributed by atoms with van der Waals surface area (Å²) in [5.74, 6) is 0.167. The molecule has 0 atom stereocenters. The van der Waals surface area contributed by atoms with Gasteiger partial charge < -0.3 is 10.1 Å². The molecular formula is C23H20ClN3O3. The van der Waals surface area contributed by atoms with Crippen LogP contribution in [0.4, 0.5) is 5.69 Å². The minimum Gasteiger partial charge on any atom is -0.489 e. The fourth-order valence-electron chi connectivity index (χ4n) is 2.57. The van der Waals surface area contributed by atoms with E-state index in [0.717, 1.165) is 11.1 Å². The molecule has 0 spiro atoms. The zero-order valence-corrected chi connectivity index (χ0v) is 17.0. The Morgan fingerprint density at radius 2 is 1.77 bits per heavy atom. The number of anilines is 1. The third-order valence-electron chi connectivity index (χ3n) is 4.02. The summed E-state index contributed by atoms with van der Waals surface area (Å²) in [6.45, 7) is 1.84. The summed E-state index contributed by atoms with van der Waals surface area (Å²) in [7, 11) is 0. The average molecular weight is 422 g/mol. The molecule has 2 N–H and O–H groups in total. The maximum atomic E-state index is 12.2. The fraction of sp³-hybridized carbons (Fsp3) is 0.0870. The minimum absolute atomic E-state index is 0.170. The molecule has 0 saturated carbocycles. The van der Waals surface area contributed by atoms with Gasteiger partial charge in [0.15, 0.2) is 0 Å². The van der Waals surface area contributed by atoms with E-state index in [-0.39, 0.29) is 11.8 Å². The van der Waals surface area contributed by atoms with Crippen LogP contribution in [0.1, 0.15) is 28.4 Å². The van der Waals surface area contributed by atoms with Gasteiger partial charge >= 0.3 is 0 Å². The highest BCUT2D eigenvalue weighted by Crippen LogP contribution is 2.16. The minimum atomic E-state index is -0.351. The quantitative estimate of drug-likeness (QED) is 0.430. The van der Waals surface area contributed by atoms with Crippen molar-refractivity contribution >= 4 is 35.3 Å². The molecule has 3 aromatic carbocycles. The second kappa shape index (κ2) is 10.2. The molecular weight excluding hydrogens is 402 g/mol. The Labute approximate surface area is 179 Å². The summed E-state index contributed by atoms with van der Waals surface area (Å²) < 4.78 is 5.79. The Morgan fingerprint density at radius 1 is 1.03 bits per heavy atom. The second-order valence-electron chi connectivity index (χ2n) is 6.45. The number of hydrogen-bond donors (Lipinski definition) is 2. The van der Waals surface area contributed by atoms with Crippen LogP contribution in [0.2, 0.25) is 5.02 Å². The SMILES string of the molecule is CC(=O)Nc1ccc(C(=O)N/N=C\c2cccc(OCc3ccc(Cl)cc3)c2)cc1. The molecule has 0 aliphatic heterocycles. The van der Waals surface area contributed by atoms with E-state index >= 15 is 0 Å². The van der Waals surface area contributed by atoms with Crippen LogP contribution < -0.4 is 15.5 Å². The number of ether oxygens (including phenoxy) is 1. The Bertz CT molecular complexity index is 1050. The summed E-state index contributed by atoms with van der Waals surface area (Å²) in [4.78, 5) is 23.2. The summed E-state index contributed by atoms with van der Waals surface area (Å²) in [5, 5.41) is 7.32. The first-order valence-electron chi connectivity index (χ1n) is 9.18. The van der Waals surface area contributed by atoms with E-state index < -0.39 is 0 Å². The lowest BCUT2D eigenvalue weighted by molar-refractivity contribution is -0.114. The number of benzene rings is 3. The molecule has 6 nitrogen and oxygen atoms in total. The van der Waals surface area contributed by atoms with Gasteiger partial charge in [-0.2, -0.15) is 5.10 Å². The standard InChI is InChI=1S/C23H20ClN3O3/c1-16(28)26-21-11-7-19(8-12-21)23(29)27-25-14-18-3-2-4-22(13-18)30-15-17-5-9-20(24)10-6-17/h2-14H,15H2,1H3,(H,26,28)(H,27,29)/b25-14-. The van der Waals surface area contributed by atoms with Crippen molar-refractivity contribution in [3.8, 4) is 5.75 Å². The van der Waals surface area contributed by atoms with Crippen molar-refractivity contribution in [3.05, 3.63) is 94.5 Å². The topological polar surface area (TPSA) is 79.8 Å². The lowest BCUT2D eigenvalue weighted by Gasteiger charge is -2.07. The fourth-order valence-corrected chi connectivity index (χ4v) is 2.70. The van der Waals surface area contributed by atoms with Gasteiger partial charge in [-0.1, -0.05) is 35.9 Å². The van der Waals surface area contributed by atoms with E-state index in [9.17, 15) is 9.59 Å². The summed E-state index contributed by atoms with van der Waals surface area (Å²) in [5.41, 5.74) is 5.33. The van der Waals surface area contributed by atoms with E-state index in [1.807, 2.05) is 48.5 Å². The molecule has 0 saturated heterocycles. The lowest BCUT2D eigenvalue weighted by Crippen LogP contribution is -2.17. The van der Waals surface area contributed by atoms with Crippen LogP contribution in [0.5, 0.6) is 5.75 Å². The molecule has 152 valence electrons. The van der Waals surface area contributed by atoms with Gasteiger partial charge in [0, 0.05) is 23.2 Å². The van der Waals surface area contributed by atoms with Gasteiger partial charge in [0.05, 0.1) is 6.21 Å². The molecule has 0 aliphatic rings. The van der Waals surface area contributed by atoms with Gasteiger partial charge in [-0.3, -0.25) is 9.59 Å². The normalized spacial score (nSPS) is 10.6. The number of nitrogens with one attached hydrogen (secondary N) is 2. The van der Waals surface area contributed by atoms with E-state index in [1.165, 1.54) is 6.92 Å². The number of hydrazone groups is 1. The van der Waals surface area contributed by atoms with Crippen molar-refractivity contribution < 1.29 is 14.3 Å². The number of nitrogens with zero attached hydrogens (tertiary/aromatic N) is 1. The van der Waals surface area contributed by atoms with Crippen molar-refractivity contribution in [1.82, 2.24) is 5.43 Å². The number of carbonyl (C=O) groups is 2. The van der Waals surface area contributed by atoms with E-state index in [0.29, 0.717) is 28.6 Å². The predicted octanol–water partition coefficient (Wildman–Crippen LogP) is 4.64. The Kier molecular flexibility index (Phi) is 7.19. The highest BCUT2D eigenvalue weighted by molar-refractivity contribution is 6.30. The molecule has 0 fully saturated rings. The van der Waals surface area contributed by atoms with Crippen molar-refractivity contribution in [2.75, 3.05) is 5.32 Å². The molecule has 0 bridgehead atoms. The monoisotopic (exact) mass is 421 g/mol. The van der Waals surface area contributed by atoms with E-state index in [2.05, 4.69) is 15.8 Å². The van der Waals surface area contributed by atoms with Crippen LogP contribution in [-0.4, -0.2) is 18.0 Å². The van der Waals surface area contributed by atoms with Crippen molar-refractivity contribution in [2.24, 2.45) is 5.10 Å². The molecule has 2 amide bonds. The molecule has 0 aliphatic carbocycles.